The average molecular weight is 376 g/mol. The van der Waals surface area contributed by atoms with E-state index < -0.39 is 37.3 Å². The third kappa shape index (κ3) is 7.96. The van der Waals surface area contributed by atoms with E-state index in [2.05, 4.69) is 0 Å². The van der Waals surface area contributed by atoms with Gasteiger partial charge < -0.3 is 10.7 Å². The molecule has 0 radical (unpaired) electrons. The van der Waals surface area contributed by atoms with Crippen LogP contribution in [0.4, 0.5) is 0 Å². The van der Waals surface area contributed by atoms with Crippen LogP contribution in [-0.4, -0.2) is 52.6 Å². The molecule has 0 aromatic heterocycles. The van der Waals surface area contributed by atoms with E-state index >= 15 is 0 Å². The summed E-state index contributed by atoms with van der Waals surface area (Å²) < 4.78 is 53.8. The first-order valence-electron chi connectivity index (χ1n) is 7.37. The Kier molecular flexibility index (Phi) is 9.90. The summed E-state index contributed by atoms with van der Waals surface area (Å²) in [6, 6.07) is 0. The van der Waals surface area contributed by atoms with Crippen LogP contribution in [0.5, 0.6) is 0 Å². The van der Waals surface area contributed by atoms with E-state index in [0.717, 1.165) is 0 Å². The summed E-state index contributed by atoms with van der Waals surface area (Å²) in [5.74, 6) is 0. The quantitative estimate of drug-likeness (QED) is 0.388. The van der Waals surface area contributed by atoms with Gasteiger partial charge in [-0.2, -0.15) is 0 Å². The molecule has 0 aromatic rings. The Morgan fingerprint density at radius 1 is 0.667 bits per heavy atom. The Labute approximate surface area is 134 Å². The highest BCUT2D eigenvalue weighted by molar-refractivity contribution is 7.63. The van der Waals surface area contributed by atoms with Gasteiger partial charge in [0.05, 0.1) is 0 Å². The van der Waals surface area contributed by atoms with Gasteiger partial charge in [0.1, 0.15) is 0 Å². The van der Waals surface area contributed by atoms with Gasteiger partial charge in [-0.05, 0) is 0 Å². The molecular formula is C11H28AlO6P3. The van der Waals surface area contributed by atoms with Crippen LogP contribution in [0.3, 0.4) is 0 Å². The standard InChI is InChI=1S/2C4H11O2P.C3H9O2P.Al/c2*1-3-7(5,6)4-2;1-3-6(2,4)5;/h2*3-4H2,1-2H3,(H,5,6);3H2,1-2H3,(H,4,5);/q;;;+3/p-3. The topological polar surface area (TPSA) is 78.9 Å². The highest BCUT2D eigenvalue weighted by Crippen LogP contribution is 2.54. The largest absolute Gasteiger partial charge is 0.921 e. The van der Waals surface area contributed by atoms with Gasteiger partial charge in [-0.1, -0.05) is 34.6 Å². The van der Waals surface area contributed by atoms with Crippen molar-refractivity contribution in [1.82, 2.24) is 0 Å². The molecule has 126 valence electrons. The zero-order chi connectivity index (χ0) is 16.7. The molecule has 0 fully saturated rings. The van der Waals surface area contributed by atoms with E-state index in [9.17, 15) is 13.7 Å². The van der Waals surface area contributed by atoms with Crippen molar-refractivity contribution in [1.29, 1.82) is 0 Å². The summed E-state index contributed by atoms with van der Waals surface area (Å²) in [7, 11) is -8.62. The van der Waals surface area contributed by atoms with Gasteiger partial charge in [0.15, 0.2) is 22.1 Å². The van der Waals surface area contributed by atoms with Gasteiger partial charge in [-0.25, -0.2) is 0 Å². The van der Waals surface area contributed by atoms with Crippen LogP contribution in [0, 0.1) is 0 Å². The van der Waals surface area contributed by atoms with Crippen LogP contribution in [0.25, 0.3) is 0 Å². The minimum Gasteiger partial charge on any atom is -0.405 e. The Balaban J connectivity index is 5.24. The molecule has 0 aliphatic heterocycles. The van der Waals surface area contributed by atoms with Crippen molar-refractivity contribution < 1.29 is 24.4 Å². The molecule has 1 unspecified atom stereocenters. The minimum absolute atomic E-state index is 0.328. The van der Waals surface area contributed by atoms with E-state index in [1.54, 1.807) is 34.6 Å². The lowest BCUT2D eigenvalue weighted by Crippen LogP contribution is -2.25. The predicted octanol–water partition coefficient (Wildman–Crippen LogP) is 4.58. The molecule has 0 heterocycles. The molecule has 0 amide bonds. The molecule has 6 nitrogen and oxygen atoms in total. The van der Waals surface area contributed by atoms with Crippen LogP contribution in [0.2, 0.25) is 0 Å². The Morgan fingerprint density at radius 3 is 1.24 bits per heavy atom. The molecule has 0 spiro atoms. The second kappa shape index (κ2) is 9.41. The lowest BCUT2D eigenvalue weighted by atomic mass is 11.0. The van der Waals surface area contributed by atoms with Crippen molar-refractivity contribution in [2.24, 2.45) is 0 Å². The number of rotatable bonds is 11. The summed E-state index contributed by atoms with van der Waals surface area (Å²) in [5.41, 5.74) is 0. The van der Waals surface area contributed by atoms with Gasteiger partial charge in [0.25, 0.3) is 0 Å². The molecule has 0 aliphatic carbocycles. The van der Waals surface area contributed by atoms with E-state index in [0.29, 0.717) is 30.8 Å². The monoisotopic (exact) mass is 376 g/mol. The number of hydrogen-bond donors (Lipinski definition) is 0. The first-order chi connectivity index (χ1) is 9.59. The van der Waals surface area contributed by atoms with Crippen molar-refractivity contribution in [3.63, 3.8) is 0 Å². The zero-order valence-corrected chi connectivity index (χ0v) is 17.7. The minimum atomic E-state index is -2.99. The predicted molar refractivity (Wildman–Crippen MR) is 90.5 cm³/mol. The highest BCUT2D eigenvalue weighted by atomic mass is 31.2. The number of hydrogen-bond acceptors (Lipinski definition) is 6. The molecule has 0 aliphatic rings. The third-order valence-electron chi connectivity index (χ3n) is 3.37. The molecule has 0 rings (SSSR count). The summed E-state index contributed by atoms with van der Waals surface area (Å²) in [6.07, 6.45) is 1.73. The molecule has 1 atom stereocenters. The average Bonchev–Trinajstić information content (AvgIpc) is 2.46. The van der Waals surface area contributed by atoms with E-state index in [-0.39, 0.29) is 0 Å². The Hall–Kier alpha value is 1.10. The molecule has 0 bridgehead atoms. The van der Waals surface area contributed by atoms with Gasteiger partial charge in [0.2, 0.25) is 0 Å². The maximum Gasteiger partial charge on any atom is 0.921 e. The van der Waals surface area contributed by atoms with Gasteiger partial charge in [-0.15, -0.1) is 0 Å². The van der Waals surface area contributed by atoms with E-state index in [4.69, 9.17) is 10.7 Å². The molecular weight excluding hydrogens is 348 g/mol. The first kappa shape index (κ1) is 22.1. The lowest BCUT2D eigenvalue weighted by Gasteiger charge is -2.25. The summed E-state index contributed by atoms with van der Waals surface area (Å²) >= 11 is -2.99. The second-order valence-corrected chi connectivity index (χ2v) is 16.4. The smallest absolute Gasteiger partial charge is 0.405 e. The maximum atomic E-state index is 12.5. The molecule has 0 N–H and O–H groups in total. The molecule has 21 heavy (non-hydrogen) atoms. The van der Waals surface area contributed by atoms with Crippen molar-refractivity contribution in [3.8, 4) is 0 Å². The Bertz CT molecular complexity index is 411. The molecule has 0 saturated heterocycles. The van der Waals surface area contributed by atoms with Crippen molar-refractivity contribution >= 4 is 37.3 Å². The second-order valence-electron chi connectivity index (χ2n) is 4.83. The van der Waals surface area contributed by atoms with Crippen LogP contribution < -0.4 is 0 Å². The van der Waals surface area contributed by atoms with E-state index in [1.165, 1.54) is 6.66 Å². The summed E-state index contributed by atoms with van der Waals surface area (Å²) in [6.45, 7) is 10.3. The maximum absolute atomic E-state index is 12.5. The summed E-state index contributed by atoms with van der Waals surface area (Å²) in [4.78, 5) is 0. The van der Waals surface area contributed by atoms with Crippen molar-refractivity contribution in [2.45, 2.75) is 34.6 Å². The lowest BCUT2D eigenvalue weighted by molar-refractivity contribution is 0.307. The highest BCUT2D eigenvalue weighted by Gasteiger charge is 2.46. The van der Waals surface area contributed by atoms with E-state index in [1.807, 2.05) is 0 Å². The summed E-state index contributed by atoms with van der Waals surface area (Å²) in [5, 5.41) is 0. The van der Waals surface area contributed by atoms with Crippen LogP contribution in [-0.2, 0) is 24.4 Å². The Morgan fingerprint density at radius 2 is 1.00 bits per heavy atom. The molecule has 0 aromatic carbocycles. The molecule has 10 heteroatoms. The van der Waals surface area contributed by atoms with Crippen LogP contribution in [0.1, 0.15) is 34.6 Å². The van der Waals surface area contributed by atoms with Crippen LogP contribution in [0.15, 0.2) is 0 Å². The van der Waals surface area contributed by atoms with Crippen molar-refractivity contribution in [3.05, 3.63) is 0 Å². The first-order valence-corrected chi connectivity index (χ1v) is 15.0. The third-order valence-corrected chi connectivity index (χ3v) is 15.3. The van der Waals surface area contributed by atoms with Gasteiger partial charge in [0, 0.05) is 37.5 Å². The SMILES string of the molecule is CCP(C)(=O)[O][Al]([O]P(=O)(CC)CC)[O]P(=O)(CC)CC. The fraction of sp³-hybridized carbons (Fsp3) is 1.00. The normalized spacial score (nSPS) is 15.7. The van der Waals surface area contributed by atoms with Crippen molar-refractivity contribution in [2.75, 3.05) is 37.5 Å². The zero-order valence-electron chi connectivity index (χ0n) is 13.9. The molecule has 0 saturated carbocycles. The fourth-order valence-corrected chi connectivity index (χ4v) is 10.7. The van der Waals surface area contributed by atoms with Crippen LogP contribution >= 0.6 is 22.1 Å². The fourth-order valence-electron chi connectivity index (χ4n) is 1.37. The van der Waals surface area contributed by atoms with Gasteiger partial charge in [-0.3, -0.25) is 13.7 Å². The van der Waals surface area contributed by atoms with Gasteiger partial charge >= 0.3 is 15.1 Å².